The molecule has 1 unspecified atom stereocenters. The molecule has 0 saturated heterocycles. The topological polar surface area (TPSA) is 96.3 Å². The van der Waals surface area contributed by atoms with E-state index in [1.165, 1.54) is 19.1 Å². The molecule has 2 N–H and O–H groups in total. The zero-order valence-corrected chi connectivity index (χ0v) is 9.38. The van der Waals surface area contributed by atoms with Crippen LogP contribution in [-0.2, 0) is 19.1 Å². The van der Waals surface area contributed by atoms with Crippen molar-refractivity contribution in [3.05, 3.63) is 0 Å². The number of amides is 1. The van der Waals surface area contributed by atoms with Crippen LogP contribution in [0.2, 0.25) is 0 Å². The zero-order valence-electron chi connectivity index (χ0n) is 9.38. The number of ether oxygens (including phenoxy) is 2. The number of aliphatic hydroxyl groups excluding tert-OH is 1. The van der Waals surface area contributed by atoms with Crippen LogP contribution in [0.3, 0.4) is 0 Å². The monoisotopic (exact) mass is 235 g/mol. The molecule has 0 aliphatic heterocycles. The van der Waals surface area contributed by atoms with Crippen LogP contribution in [0.5, 0.6) is 0 Å². The third-order valence-corrected chi connectivity index (χ3v) is 1.72. The number of carboxylic acid groups (broad SMARTS) is 1. The van der Waals surface area contributed by atoms with Gasteiger partial charge in [0.05, 0.1) is 12.7 Å². The smallest absolute Gasteiger partial charge is 0.329 e. The van der Waals surface area contributed by atoms with Crippen LogP contribution in [0.1, 0.15) is 0 Å². The number of carboxylic acids is 1. The van der Waals surface area contributed by atoms with Gasteiger partial charge in [-0.25, -0.2) is 4.79 Å². The summed E-state index contributed by atoms with van der Waals surface area (Å²) in [7, 11) is 2.94. The molecule has 0 spiro atoms. The zero-order chi connectivity index (χ0) is 12.6. The highest BCUT2D eigenvalue weighted by Gasteiger charge is 2.13. The number of nitrogens with zero attached hydrogens (tertiary/aromatic N) is 1. The molecule has 0 saturated carbocycles. The molecule has 0 aliphatic carbocycles. The predicted octanol–water partition coefficient (Wildman–Crippen LogP) is -1.45. The number of rotatable bonds is 8. The molecule has 0 aromatic rings. The first-order valence-electron chi connectivity index (χ1n) is 4.67. The molecule has 0 rings (SSSR count). The predicted molar refractivity (Wildman–Crippen MR) is 54.0 cm³/mol. The van der Waals surface area contributed by atoms with E-state index < -0.39 is 24.6 Å². The van der Waals surface area contributed by atoms with Crippen LogP contribution >= 0.6 is 0 Å². The number of aliphatic hydroxyl groups is 1. The van der Waals surface area contributed by atoms with Gasteiger partial charge in [0, 0.05) is 20.7 Å². The van der Waals surface area contributed by atoms with Crippen molar-refractivity contribution in [3.63, 3.8) is 0 Å². The molecule has 16 heavy (non-hydrogen) atoms. The van der Waals surface area contributed by atoms with Crippen molar-refractivity contribution >= 4 is 11.9 Å². The minimum absolute atomic E-state index is 0.114. The highest BCUT2D eigenvalue weighted by Crippen LogP contribution is 1.92. The number of likely N-dealkylation sites (N-methyl/N-ethyl adjacent to an activating group) is 1. The van der Waals surface area contributed by atoms with Crippen molar-refractivity contribution in [3.8, 4) is 0 Å². The van der Waals surface area contributed by atoms with E-state index in [1.54, 1.807) is 0 Å². The molecule has 7 heteroatoms. The summed E-state index contributed by atoms with van der Waals surface area (Å²) in [5, 5.41) is 17.6. The molecule has 0 radical (unpaired) electrons. The number of hydrogen-bond acceptors (Lipinski definition) is 5. The van der Waals surface area contributed by atoms with Crippen molar-refractivity contribution in [2.45, 2.75) is 6.10 Å². The molecule has 0 heterocycles. The lowest BCUT2D eigenvalue weighted by molar-refractivity contribution is -0.146. The summed E-state index contributed by atoms with van der Waals surface area (Å²) in [5.41, 5.74) is 0. The van der Waals surface area contributed by atoms with Crippen molar-refractivity contribution in [1.29, 1.82) is 0 Å². The van der Waals surface area contributed by atoms with Gasteiger partial charge in [-0.15, -0.1) is 0 Å². The Hall–Kier alpha value is -1.18. The first-order valence-corrected chi connectivity index (χ1v) is 4.67. The van der Waals surface area contributed by atoms with Gasteiger partial charge in [-0.1, -0.05) is 0 Å². The molecule has 0 aromatic carbocycles. The number of carbonyl (C=O) groups is 2. The maximum absolute atomic E-state index is 11.3. The number of methoxy groups -OCH3 is 1. The standard InChI is InChI=1S/C9H17NO6/c1-10(3-7(11)4-15-2)8(12)5-16-6-9(13)14/h7,11H,3-6H2,1-2H3,(H,13,14). The third kappa shape index (κ3) is 7.16. The maximum atomic E-state index is 11.3. The number of carbonyl (C=O) groups excluding carboxylic acids is 1. The van der Waals surface area contributed by atoms with Crippen LogP contribution in [0.4, 0.5) is 0 Å². The van der Waals surface area contributed by atoms with Crippen LogP contribution in [0.15, 0.2) is 0 Å². The van der Waals surface area contributed by atoms with Gasteiger partial charge in [0.25, 0.3) is 0 Å². The lowest BCUT2D eigenvalue weighted by Gasteiger charge is -2.20. The van der Waals surface area contributed by atoms with Gasteiger partial charge in [-0.3, -0.25) is 4.79 Å². The van der Waals surface area contributed by atoms with Gasteiger partial charge in [0.1, 0.15) is 13.2 Å². The lowest BCUT2D eigenvalue weighted by Crippen LogP contribution is -2.38. The number of hydrogen-bond donors (Lipinski definition) is 2. The Kier molecular flexibility index (Phi) is 7.44. The normalized spacial score (nSPS) is 12.2. The van der Waals surface area contributed by atoms with E-state index in [9.17, 15) is 14.7 Å². The van der Waals surface area contributed by atoms with E-state index in [1.807, 2.05) is 0 Å². The van der Waals surface area contributed by atoms with E-state index in [4.69, 9.17) is 9.84 Å². The fraction of sp³-hybridized carbons (Fsp3) is 0.778. The van der Waals surface area contributed by atoms with Crippen molar-refractivity contribution in [2.24, 2.45) is 0 Å². The second kappa shape index (κ2) is 8.03. The second-order valence-electron chi connectivity index (χ2n) is 3.27. The Morgan fingerprint density at radius 3 is 2.50 bits per heavy atom. The fourth-order valence-electron chi connectivity index (χ4n) is 0.999. The van der Waals surface area contributed by atoms with Crippen LogP contribution in [0, 0.1) is 0 Å². The summed E-state index contributed by atoms with van der Waals surface area (Å²) in [5.74, 6) is -1.52. The SMILES string of the molecule is COCC(O)CN(C)C(=O)COCC(=O)O. The summed E-state index contributed by atoms with van der Waals surface area (Å²) in [6.45, 7) is -0.584. The fourth-order valence-corrected chi connectivity index (χ4v) is 0.999. The van der Waals surface area contributed by atoms with E-state index >= 15 is 0 Å². The van der Waals surface area contributed by atoms with E-state index in [0.29, 0.717) is 0 Å². The van der Waals surface area contributed by atoms with Gasteiger partial charge in [0.2, 0.25) is 5.91 Å². The first kappa shape index (κ1) is 14.8. The molecule has 1 amide bonds. The minimum Gasteiger partial charge on any atom is -0.480 e. The maximum Gasteiger partial charge on any atom is 0.329 e. The molecule has 7 nitrogen and oxygen atoms in total. The Bertz CT molecular complexity index is 232. The summed E-state index contributed by atoms with van der Waals surface area (Å²) in [6.07, 6.45) is -0.765. The summed E-state index contributed by atoms with van der Waals surface area (Å²) >= 11 is 0. The van der Waals surface area contributed by atoms with Crippen LogP contribution in [0.25, 0.3) is 0 Å². The molecule has 1 atom stereocenters. The number of aliphatic carboxylic acids is 1. The van der Waals surface area contributed by atoms with Crippen LogP contribution < -0.4 is 0 Å². The summed E-state index contributed by atoms with van der Waals surface area (Å²) < 4.78 is 9.32. The van der Waals surface area contributed by atoms with Gasteiger partial charge in [0.15, 0.2) is 0 Å². The molecule has 0 bridgehead atoms. The van der Waals surface area contributed by atoms with Gasteiger partial charge in [-0.2, -0.15) is 0 Å². The van der Waals surface area contributed by atoms with E-state index in [-0.39, 0.29) is 19.8 Å². The second-order valence-corrected chi connectivity index (χ2v) is 3.27. The average molecular weight is 235 g/mol. The van der Waals surface area contributed by atoms with E-state index in [2.05, 4.69) is 4.74 Å². The Morgan fingerprint density at radius 1 is 1.38 bits per heavy atom. The summed E-state index contributed by atoms with van der Waals surface area (Å²) in [4.78, 5) is 22.7. The van der Waals surface area contributed by atoms with Gasteiger partial charge < -0.3 is 24.6 Å². The molecule has 0 aromatic heterocycles. The molecule has 0 fully saturated rings. The first-order chi connectivity index (χ1) is 7.47. The molecular formula is C9H17NO6. The molecular weight excluding hydrogens is 218 g/mol. The van der Waals surface area contributed by atoms with Crippen LogP contribution in [-0.4, -0.2) is 73.6 Å². The quantitative estimate of drug-likeness (QED) is 0.534. The lowest BCUT2D eigenvalue weighted by atomic mass is 10.3. The van der Waals surface area contributed by atoms with E-state index in [0.717, 1.165) is 0 Å². The third-order valence-electron chi connectivity index (χ3n) is 1.72. The average Bonchev–Trinajstić information content (AvgIpc) is 2.17. The summed E-state index contributed by atoms with van der Waals surface area (Å²) in [6, 6.07) is 0. The van der Waals surface area contributed by atoms with Gasteiger partial charge in [-0.05, 0) is 0 Å². The van der Waals surface area contributed by atoms with Crippen molar-refractivity contribution in [2.75, 3.05) is 40.5 Å². The molecule has 94 valence electrons. The highest BCUT2D eigenvalue weighted by molar-refractivity contribution is 5.77. The van der Waals surface area contributed by atoms with Gasteiger partial charge >= 0.3 is 5.97 Å². The Morgan fingerprint density at radius 2 is 2.00 bits per heavy atom. The largest absolute Gasteiger partial charge is 0.480 e. The molecule has 0 aliphatic rings. The Labute approximate surface area is 93.6 Å². The van der Waals surface area contributed by atoms with Crippen molar-refractivity contribution in [1.82, 2.24) is 4.90 Å². The Balaban J connectivity index is 3.76. The minimum atomic E-state index is -1.13. The van der Waals surface area contributed by atoms with Crippen molar-refractivity contribution < 1.29 is 29.3 Å². The highest BCUT2D eigenvalue weighted by atomic mass is 16.5.